The van der Waals surface area contributed by atoms with Crippen LogP contribution in [-0.4, -0.2) is 10.9 Å². The molecule has 1 N–H and O–H groups in total. The Bertz CT molecular complexity index is 677. The van der Waals surface area contributed by atoms with Crippen LogP contribution in [0.1, 0.15) is 16.1 Å². The van der Waals surface area contributed by atoms with E-state index >= 15 is 0 Å². The summed E-state index contributed by atoms with van der Waals surface area (Å²) in [4.78, 5) is 12.0. The van der Waals surface area contributed by atoms with Gasteiger partial charge >= 0.3 is 0 Å². The molecule has 3 aromatic rings. The van der Waals surface area contributed by atoms with E-state index < -0.39 is 0 Å². The van der Waals surface area contributed by atoms with Crippen LogP contribution in [0.5, 0.6) is 5.75 Å². The van der Waals surface area contributed by atoms with Crippen LogP contribution in [0.4, 0.5) is 0 Å². The third-order valence-corrected chi connectivity index (χ3v) is 2.54. The van der Waals surface area contributed by atoms with E-state index in [1.807, 2.05) is 0 Å². The number of aromatic hydroxyl groups is 1. The summed E-state index contributed by atoms with van der Waals surface area (Å²) in [7, 11) is 0. The highest BCUT2D eigenvalue weighted by Crippen LogP contribution is 2.28. The monoisotopic (exact) mass is 228 g/mol. The van der Waals surface area contributed by atoms with Gasteiger partial charge in [0.25, 0.3) is 0 Å². The minimum atomic E-state index is -0.270. The molecule has 2 aromatic heterocycles. The average Bonchev–Trinajstić information content (AvgIpc) is 2.98. The standard InChI is InChI=1S/C13H8O4/c14-10-7-9(6-8-3-5-17-13(8)10)12(15)11-2-1-4-16-11/h1-7,14H. The summed E-state index contributed by atoms with van der Waals surface area (Å²) in [6.45, 7) is 0. The molecule has 0 radical (unpaired) electrons. The summed E-state index contributed by atoms with van der Waals surface area (Å²) in [6.07, 6.45) is 2.90. The minimum Gasteiger partial charge on any atom is -0.504 e. The average molecular weight is 228 g/mol. The SMILES string of the molecule is O=C(c1cc(O)c2occc2c1)c1ccco1. The van der Waals surface area contributed by atoms with E-state index in [9.17, 15) is 9.90 Å². The summed E-state index contributed by atoms with van der Waals surface area (Å²) in [5.74, 6) is -0.0805. The number of rotatable bonds is 2. The molecule has 4 heteroatoms. The fourth-order valence-corrected chi connectivity index (χ4v) is 1.74. The van der Waals surface area contributed by atoms with Gasteiger partial charge in [-0.2, -0.15) is 0 Å². The van der Waals surface area contributed by atoms with Crippen LogP contribution in [0.2, 0.25) is 0 Å². The van der Waals surface area contributed by atoms with Crippen LogP contribution in [0.3, 0.4) is 0 Å². The second-order valence-corrected chi connectivity index (χ2v) is 3.64. The normalized spacial score (nSPS) is 10.8. The Morgan fingerprint density at radius 2 is 2.00 bits per heavy atom. The van der Waals surface area contributed by atoms with Crippen molar-refractivity contribution in [1.82, 2.24) is 0 Å². The van der Waals surface area contributed by atoms with Gasteiger partial charge < -0.3 is 13.9 Å². The van der Waals surface area contributed by atoms with E-state index in [0.29, 0.717) is 16.5 Å². The van der Waals surface area contributed by atoms with E-state index in [1.165, 1.54) is 18.6 Å². The van der Waals surface area contributed by atoms with Gasteiger partial charge in [0.2, 0.25) is 5.78 Å². The Labute approximate surface area is 96.1 Å². The van der Waals surface area contributed by atoms with E-state index in [1.54, 1.807) is 24.3 Å². The molecule has 84 valence electrons. The number of phenolic OH excluding ortho intramolecular Hbond substituents is 1. The number of benzene rings is 1. The second-order valence-electron chi connectivity index (χ2n) is 3.64. The zero-order chi connectivity index (χ0) is 11.8. The van der Waals surface area contributed by atoms with Crippen molar-refractivity contribution < 1.29 is 18.7 Å². The first-order valence-electron chi connectivity index (χ1n) is 5.04. The zero-order valence-corrected chi connectivity index (χ0v) is 8.71. The highest BCUT2D eigenvalue weighted by Gasteiger charge is 2.15. The highest BCUT2D eigenvalue weighted by atomic mass is 16.3. The first-order chi connectivity index (χ1) is 8.25. The molecule has 0 aliphatic carbocycles. The van der Waals surface area contributed by atoms with Crippen molar-refractivity contribution in [3.8, 4) is 5.75 Å². The summed E-state index contributed by atoms with van der Waals surface area (Å²) in [5.41, 5.74) is 0.743. The van der Waals surface area contributed by atoms with Gasteiger partial charge in [-0.05, 0) is 30.3 Å². The molecule has 0 saturated carbocycles. The molecule has 17 heavy (non-hydrogen) atoms. The Morgan fingerprint density at radius 3 is 2.76 bits per heavy atom. The molecule has 0 unspecified atom stereocenters. The van der Waals surface area contributed by atoms with Gasteiger partial charge in [-0.1, -0.05) is 0 Å². The largest absolute Gasteiger partial charge is 0.504 e. The fourth-order valence-electron chi connectivity index (χ4n) is 1.74. The predicted molar refractivity (Wildman–Crippen MR) is 60.0 cm³/mol. The van der Waals surface area contributed by atoms with Crippen molar-refractivity contribution >= 4 is 16.8 Å². The molecule has 4 nitrogen and oxygen atoms in total. The van der Waals surface area contributed by atoms with Crippen LogP contribution >= 0.6 is 0 Å². The van der Waals surface area contributed by atoms with Gasteiger partial charge in [-0.3, -0.25) is 4.79 Å². The lowest BCUT2D eigenvalue weighted by molar-refractivity contribution is 0.101. The maximum atomic E-state index is 12.0. The van der Waals surface area contributed by atoms with E-state index in [2.05, 4.69) is 0 Å². The number of furan rings is 2. The van der Waals surface area contributed by atoms with Crippen LogP contribution in [0, 0.1) is 0 Å². The van der Waals surface area contributed by atoms with Crippen molar-refractivity contribution in [2.45, 2.75) is 0 Å². The summed E-state index contributed by atoms with van der Waals surface area (Å²) in [6, 6.07) is 7.94. The summed E-state index contributed by atoms with van der Waals surface area (Å²) < 4.78 is 10.1. The maximum absolute atomic E-state index is 12.0. The van der Waals surface area contributed by atoms with Gasteiger partial charge in [0, 0.05) is 10.9 Å². The van der Waals surface area contributed by atoms with Crippen molar-refractivity contribution in [2.75, 3.05) is 0 Å². The third kappa shape index (κ3) is 1.50. The van der Waals surface area contributed by atoms with Crippen molar-refractivity contribution in [2.24, 2.45) is 0 Å². The molecule has 2 heterocycles. The molecule has 0 amide bonds. The van der Waals surface area contributed by atoms with Crippen LogP contribution in [0.25, 0.3) is 11.0 Å². The lowest BCUT2D eigenvalue weighted by atomic mass is 10.1. The van der Waals surface area contributed by atoms with Gasteiger partial charge in [-0.25, -0.2) is 0 Å². The lowest BCUT2D eigenvalue weighted by Crippen LogP contribution is -1.98. The molecular weight excluding hydrogens is 220 g/mol. The number of hydrogen-bond acceptors (Lipinski definition) is 4. The van der Waals surface area contributed by atoms with E-state index in [4.69, 9.17) is 8.83 Å². The predicted octanol–water partition coefficient (Wildman–Crippen LogP) is 2.96. The molecule has 0 fully saturated rings. The Morgan fingerprint density at radius 1 is 1.12 bits per heavy atom. The molecule has 0 aliphatic heterocycles. The number of ketones is 1. The first kappa shape index (κ1) is 9.72. The topological polar surface area (TPSA) is 63.6 Å². The number of carbonyl (C=O) groups excluding carboxylic acids is 1. The molecule has 0 bridgehead atoms. The third-order valence-electron chi connectivity index (χ3n) is 2.54. The van der Waals surface area contributed by atoms with Crippen LogP contribution in [0.15, 0.2) is 51.7 Å². The molecular formula is C13H8O4. The summed E-state index contributed by atoms with van der Waals surface area (Å²) in [5, 5.41) is 10.4. The van der Waals surface area contributed by atoms with Gasteiger partial charge in [-0.15, -0.1) is 0 Å². The molecule has 1 aromatic carbocycles. The van der Waals surface area contributed by atoms with Gasteiger partial charge in [0.1, 0.15) is 0 Å². The van der Waals surface area contributed by atoms with E-state index in [0.717, 1.165) is 0 Å². The number of fused-ring (bicyclic) bond motifs is 1. The number of phenols is 1. The van der Waals surface area contributed by atoms with Crippen LogP contribution in [-0.2, 0) is 0 Å². The molecule has 3 rings (SSSR count). The van der Waals surface area contributed by atoms with Gasteiger partial charge in [0.05, 0.1) is 12.5 Å². The molecule has 0 aliphatic rings. The summed E-state index contributed by atoms with van der Waals surface area (Å²) >= 11 is 0. The Hall–Kier alpha value is -2.49. The van der Waals surface area contributed by atoms with Crippen molar-refractivity contribution in [3.05, 3.63) is 54.2 Å². The zero-order valence-electron chi connectivity index (χ0n) is 8.71. The highest BCUT2D eigenvalue weighted by molar-refractivity contribution is 6.09. The molecule has 0 atom stereocenters. The first-order valence-corrected chi connectivity index (χ1v) is 5.04. The molecule has 0 saturated heterocycles. The smallest absolute Gasteiger partial charge is 0.228 e. The van der Waals surface area contributed by atoms with Crippen molar-refractivity contribution in [3.63, 3.8) is 0 Å². The quantitative estimate of drug-likeness (QED) is 0.685. The van der Waals surface area contributed by atoms with E-state index in [-0.39, 0.29) is 17.3 Å². The number of carbonyl (C=O) groups is 1. The van der Waals surface area contributed by atoms with Gasteiger partial charge in [0.15, 0.2) is 17.1 Å². The Kier molecular flexibility index (Phi) is 2.01. The molecule has 0 spiro atoms. The second kappa shape index (κ2) is 3.52. The Balaban J connectivity index is 2.15. The van der Waals surface area contributed by atoms with Crippen LogP contribution < -0.4 is 0 Å². The minimum absolute atomic E-state index is 0.0533. The lowest BCUT2D eigenvalue weighted by Gasteiger charge is -2.00. The fraction of sp³-hybridized carbons (Fsp3) is 0. The maximum Gasteiger partial charge on any atom is 0.228 e. The van der Waals surface area contributed by atoms with Crippen molar-refractivity contribution in [1.29, 1.82) is 0 Å². The number of hydrogen-bond donors (Lipinski definition) is 1.